The van der Waals surface area contributed by atoms with E-state index in [1.165, 1.54) is 28.0 Å². The van der Waals surface area contributed by atoms with Crippen molar-refractivity contribution in [1.82, 2.24) is 9.13 Å². The summed E-state index contributed by atoms with van der Waals surface area (Å²) in [7, 11) is 0. The van der Waals surface area contributed by atoms with Gasteiger partial charge in [-0.3, -0.25) is 14.2 Å². The summed E-state index contributed by atoms with van der Waals surface area (Å²) < 4.78 is 17.3. The van der Waals surface area contributed by atoms with Gasteiger partial charge in [0, 0.05) is 4.47 Å². The van der Waals surface area contributed by atoms with Gasteiger partial charge in [-0.2, -0.15) is 0 Å². The fraction of sp³-hybridized carbons (Fsp3) is 0.0952. The molecule has 9 heteroatoms. The molecule has 0 atom stereocenters. The first-order valence-corrected chi connectivity index (χ1v) is 10.6. The second kappa shape index (κ2) is 8.00. The minimum atomic E-state index is -0.633. The minimum Gasteiger partial charge on any atom is -0.322 e. The maximum Gasteiger partial charge on any atom is 0.336 e. The predicted molar refractivity (Wildman–Crippen MR) is 119 cm³/mol. The molecule has 4 rings (SSSR count). The van der Waals surface area contributed by atoms with Gasteiger partial charge in [0.2, 0.25) is 5.91 Å². The second-order valence-corrected chi connectivity index (χ2v) is 8.43. The molecular weight excluding hydrogens is 473 g/mol. The van der Waals surface area contributed by atoms with Crippen molar-refractivity contribution in [1.29, 1.82) is 0 Å². The highest BCUT2D eigenvalue weighted by atomic mass is 79.9. The molecule has 0 aliphatic heterocycles. The van der Waals surface area contributed by atoms with Crippen LogP contribution >= 0.6 is 27.3 Å². The number of thiophene rings is 1. The molecule has 30 heavy (non-hydrogen) atoms. The Balaban J connectivity index is 1.80. The van der Waals surface area contributed by atoms with Crippen LogP contribution in [0, 0.1) is 12.7 Å². The maximum absolute atomic E-state index is 14.1. The van der Waals surface area contributed by atoms with E-state index in [-0.39, 0.29) is 12.2 Å². The van der Waals surface area contributed by atoms with Gasteiger partial charge in [0.25, 0.3) is 5.56 Å². The van der Waals surface area contributed by atoms with Crippen LogP contribution in [0.15, 0.2) is 68.0 Å². The highest BCUT2D eigenvalue weighted by Crippen LogP contribution is 2.20. The van der Waals surface area contributed by atoms with Gasteiger partial charge in [-0.15, -0.1) is 11.3 Å². The van der Waals surface area contributed by atoms with Gasteiger partial charge in [0.05, 0.1) is 16.9 Å². The third-order valence-electron chi connectivity index (χ3n) is 4.62. The quantitative estimate of drug-likeness (QED) is 0.471. The topological polar surface area (TPSA) is 73.1 Å². The number of carbonyl (C=O) groups is 1. The van der Waals surface area contributed by atoms with E-state index in [4.69, 9.17) is 0 Å². The van der Waals surface area contributed by atoms with E-state index in [2.05, 4.69) is 21.2 Å². The highest BCUT2D eigenvalue weighted by molar-refractivity contribution is 9.10. The Morgan fingerprint density at radius 1 is 1.17 bits per heavy atom. The third kappa shape index (κ3) is 3.61. The summed E-state index contributed by atoms with van der Waals surface area (Å²) in [6, 6.07) is 12.9. The van der Waals surface area contributed by atoms with Gasteiger partial charge < -0.3 is 5.32 Å². The van der Waals surface area contributed by atoms with Crippen LogP contribution in [0.25, 0.3) is 15.9 Å². The van der Waals surface area contributed by atoms with Gasteiger partial charge in [0.15, 0.2) is 0 Å². The predicted octanol–water partition coefficient (Wildman–Crippen LogP) is 4.06. The Kier molecular flexibility index (Phi) is 5.40. The van der Waals surface area contributed by atoms with Gasteiger partial charge in [0.1, 0.15) is 17.1 Å². The van der Waals surface area contributed by atoms with Crippen LogP contribution in [0.1, 0.15) is 5.56 Å². The van der Waals surface area contributed by atoms with Crippen molar-refractivity contribution in [3.05, 3.63) is 90.6 Å². The van der Waals surface area contributed by atoms with Gasteiger partial charge in [-0.1, -0.05) is 34.1 Å². The Bertz CT molecular complexity index is 1410. The van der Waals surface area contributed by atoms with E-state index >= 15 is 0 Å². The molecule has 0 aliphatic carbocycles. The molecule has 0 radical (unpaired) electrons. The molecule has 0 bridgehead atoms. The van der Waals surface area contributed by atoms with E-state index < -0.39 is 23.0 Å². The summed E-state index contributed by atoms with van der Waals surface area (Å²) in [6.45, 7) is 1.43. The number of aromatic nitrogens is 2. The van der Waals surface area contributed by atoms with Crippen LogP contribution in [0.2, 0.25) is 0 Å². The molecule has 1 N–H and O–H groups in total. The monoisotopic (exact) mass is 487 g/mol. The Hall–Kier alpha value is -3.04. The SMILES string of the molecule is Cc1ccccc1-n1c(=O)c2sccc2n(CC(=O)Nc2ccc(Br)cc2F)c1=O. The molecule has 2 heterocycles. The van der Waals surface area contributed by atoms with Crippen LogP contribution in [-0.2, 0) is 11.3 Å². The zero-order valence-corrected chi connectivity index (χ0v) is 18.1. The smallest absolute Gasteiger partial charge is 0.322 e. The second-order valence-electron chi connectivity index (χ2n) is 6.60. The summed E-state index contributed by atoms with van der Waals surface area (Å²) in [5.41, 5.74) is 0.509. The lowest BCUT2D eigenvalue weighted by Crippen LogP contribution is -2.40. The number of carbonyl (C=O) groups excluding carboxylic acids is 1. The van der Waals surface area contributed by atoms with Crippen LogP contribution in [0.5, 0.6) is 0 Å². The lowest BCUT2D eigenvalue weighted by atomic mass is 10.2. The average Bonchev–Trinajstić information content (AvgIpc) is 3.19. The van der Waals surface area contributed by atoms with Gasteiger partial charge in [-0.05, 0) is 48.2 Å². The first-order chi connectivity index (χ1) is 14.4. The number of hydrogen-bond donors (Lipinski definition) is 1. The van der Waals surface area contributed by atoms with Crippen LogP contribution < -0.4 is 16.6 Å². The molecule has 6 nitrogen and oxygen atoms in total. The van der Waals surface area contributed by atoms with Gasteiger partial charge in [-0.25, -0.2) is 13.8 Å². The third-order valence-corrected chi connectivity index (χ3v) is 6.00. The van der Waals surface area contributed by atoms with E-state index in [9.17, 15) is 18.8 Å². The summed E-state index contributed by atoms with van der Waals surface area (Å²) in [4.78, 5) is 38.8. The summed E-state index contributed by atoms with van der Waals surface area (Å²) >= 11 is 4.36. The number of fused-ring (bicyclic) bond motifs is 1. The molecule has 0 aliphatic rings. The number of rotatable bonds is 4. The lowest BCUT2D eigenvalue weighted by Gasteiger charge is -2.14. The molecule has 4 aromatic rings. The zero-order chi connectivity index (χ0) is 21.4. The standard InChI is InChI=1S/C21H15BrFN3O3S/c1-12-4-2-3-5-16(12)26-20(28)19-17(8-9-30-19)25(21(26)29)11-18(27)24-15-7-6-13(22)10-14(15)23/h2-10H,11H2,1H3,(H,24,27). The number of anilines is 1. The number of hydrogen-bond acceptors (Lipinski definition) is 4. The molecule has 152 valence electrons. The number of aryl methyl sites for hydroxylation is 1. The lowest BCUT2D eigenvalue weighted by molar-refractivity contribution is -0.116. The van der Waals surface area contributed by atoms with E-state index in [0.29, 0.717) is 20.4 Å². The number of para-hydroxylation sites is 1. The molecule has 0 spiro atoms. The van der Waals surface area contributed by atoms with Crippen molar-refractivity contribution >= 4 is 49.1 Å². The minimum absolute atomic E-state index is 0.00466. The molecule has 2 aromatic heterocycles. The molecule has 0 saturated heterocycles. The van der Waals surface area contributed by atoms with E-state index in [1.807, 2.05) is 6.07 Å². The maximum atomic E-state index is 14.1. The Morgan fingerprint density at radius 3 is 2.67 bits per heavy atom. The van der Waals surface area contributed by atoms with E-state index in [0.717, 1.165) is 10.1 Å². The molecule has 0 saturated carbocycles. The summed E-state index contributed by atoms with van der Waals surface area (Å²) in [5.74, 6) is -1.18. The molecule has 0 unspecified atom stereocenters. The summed E-state index contributed by atoms with van der Waals surface area (Å²) in [5, 5.41) is 4.17. The van der Waals surface area contributed by atoms with Crippen molar-refractivity contribution in [2.75, 3.05) is 5.32 Å². The average molecular weight is 488 g/mol. The van der Waals surface area contributed by atoms with Crippen molar-refractivity contribution < 1.29 is 9.18 Å². The van der Waals surface area contributed by atoms with Gasteiger partial charge >= 0.3 is 5.69 Å². The Labute approximate surface area is 182 Å². The van der Waals surface area contributed by atoms with Crippen LogP contribution in [-0.4, -0.2) is 15.0 Å². The molecule has 2 aromatic carbocycles. The van der Waals surface area contributed by atoms with Crippen molar-refractivity contribution in [3.8, 4) is 5.69 Å². The summed E-state index contributed by atoms with van der Waals surface area (Å²) in [6.07, 6.45) is 0. The van der Waals surface area contributed by atoms with Crippen molar-refractivity contribution in [2.45, 2.75) is 13.5 Å². The Morgan fingerprint density at radius 2 is 1.93 bits per heavy atom. The number of nitrogens with one attached hydrogen (secondary N) is 1. The molecular formula is C21H15BrFN3O3S. The fourth-order valence-electron chi connectivity index (χ4n) is 3.19. The normalized spacial score (nSPS) is 11.0. The number of nitrogens with zero attached hydrogens (tertiary/aromatic N) is 2. The van der Waals surface area contributed by atoms with Crippen molar-refractivity contribution in [2.24, 2.45) is 0 Å². The first kappa shape index (κ1) is 20.2. The first-order valence-electron chi connectivity index (χ1n) is 8.91. The van der Waals surface area contributed by atoms with Crippen LogP contribution in [0.4, 0.5) is 10.1 Å². The number of halogens is 2. The van der Waals surface area contributed by atoms with Crippen LogP contribution in [0.3, 0.4) is 0 Å². The van der Waals surface area contributed by atoms with E-state index in [1.54, 1.807) is 42.6 Å². The molecule has 0 fully saturated rings. The zero-order valence-electron chi connectivity index (χ0n) is 15.7. The molecule has 1 amide bonds. The number of amides is 1. The van der Waals surface area contributed by atoms with Crippen molar-refractivity contribution in [3.63, 3.8) is 0 Å². The number of benzene rings is 2. The largest absolute Gasteiger partial charge is 0.336 e. The fourth-order valence-corrected chi connectivity index (χ4v) is 4.35. The highest BCUT2D eigenvalue weighted by Gasteiger charge is 2.19.